The summed E-state index contributed by atoms with van der Waals surface area (Å²) in [5.41, 5.74) is 9.32. The molecule has 1 unspecified atom stereocenters. The zero-order valence-corrected chi connectivity index (χ0v) is 23.1. The van der Waals surface area contributed by atoms with Crippen LogP contribution in [-0.2, 0) is 9.59 Å². The first kappa shape index (κ1) is 27.6. The van der Waals surface area contributed by atoms with Crippen molar-refractivity contribution in [3.05, 3.63) is 53.6 Å². The number of hydrogen-bond donors (Lipinski definition) is 2. The molecule has 40 heavy (non-hydrogen) atoms. The SMILES string of the molecule is CN(C(=O)c1cc(N2CCC(CN3CCN(c4ccc(N)cc4)CC3)CC2)ccc1C=O)C1CCC(=O)NC1=O. The number of nitrogens with one attached hydrogen (secondary N) is 1. The zero-order valence-electron chi connectivity index (χ0n) is 23.1. The first-order valence-electron chi connectivity index (χ1n) is 14.1. The van der Waals surface area contributed by atoms with Gasteiger partial charge in [0.15, 0.2) is 6.29 Å². The number of hydrogen-bond acceptors (Lipinski definition) is 8. The monoisotopic (exact) mass is 546 g/mol. The quantitative estimate of drug-likeness (QED) is 0.308. The number of nitrogen functional groups attached to an aromatic ring is 1. The Labute approximate surface area is 235 Å². The summed E-state index contributed by atoms with van der Waals surface area (Å²) in [5.74, 6) is -0.592. The number of aldehydes is 1. The van der Waals surface area contributed by atoms with Gasteiger partial charge in [-0.3, -0.25) is 29.4 Å². The predicted molar refractivity (Wildman–Crippen MR) is 155 cm³/mol. The van der Waals surface area contributed by atoms with E-state index in [4.69, 9.17) is 5.73 Å². The second-order valence-electron chi connectivity index (χ2n) is 11.1. The number of piperidine rings is 2. The molecule has 3 fully saturated rings. The highest BCUT2D eigenvalue weighted by Gasteiger charge is 2.33. The standard InChI is InChI=1S/C30H38N6O4/c1-33(27-8-9-28(38)32-29(27)39)30(40)26-18-25(5-2-22(26)20-37)35-12-10-21(11-13-35)19-34-14-16-36(17-15-34)24-6-3-23(31)4-7-24/h2-7,18,20-21,27H,8-17,19,31H2,1H3,(H,32,38,39). The number of likely N-dealkylation sites (N-methyl/N-ethyl adjacent to an activating group) is 1. The number of imide groups is 1. The van der Waals surface area contributed by atoms with Gasteiger partial charge in [-0.15, -0.1) is 0 Å². The maximum atomic E-state index is 13.4. The van der Waals surface area contributed by atoms with Gasteiger partial charge in [0.05, 0.1) is 5.56 Å². The Morgan fingerprint density at radius 2 is 1.60 bits per heavy atom. The average molecular weight is 547 g/mol. The largest absolute Gasteiger partial charge is 0.399 e. The van der Waals surface area contributed by atoms with Crippen molar-refractivity contribution in [3.8, 4) is 0 Å². The van der Waals surface area contributed by atoms with Crippen molar-refractivity contribution in [2.45, 2.75) is 31.7 Å². The fourth-order valence-corrected chi connectivity index (χ4v) is 6.02. The second kappa shape index (κ2) is 12.1. The lowest BCUT2D eigenvalue weighted by Gasteiger charge is -2.40. The van der Waals surface area contributed by atoms with Crippen LogP contribution >= 0.6 is 0 Å². The number of benzene rings is 2. The van der Waals surface area contributed by atoms with Gasteiger partial charge in [0.2, 0.25) is 11.8 Å². The van der Waals surface area contributed by atoms with Crippen molar-refractivity contribution in [1.82, 2.24) is 15.1 Å². The number of rotatable bonds is 7. The van der Waals surface area contributed by atoms with Crippen LogP contribution in [0.1, 0.15) is 46.4 Å². The molecule has 5 rings (SSSR count). The van der Waals surface area contributed by atoms with Crippen LogP contribution in [0.5, 0.6) is 0 Å². The molecule has 2 aromatic rings. The zero-order chi connectivity index (χ0) is 28.2. The molecule has 0 saturated carbocycles. The van der Waals surface area contributed by atoms with E-state index in [0.29, 0.717) is 17.8 Å². The van der Waals surface area contributed by atoms with Crippen molar-refractivity contribution >= 4 is 41.1 Å². The molecule has 0 bridgehead atoms. The van der Waals surface area contributed by atoms with Crippen LogP contribution in [0.15, 0.2) is 42.5 Å². The first-order valence-corrected chi connectivity index (χ1v) is 14.1. The third-order valence-electron chi connectivity index (χ3n) is 8.52. The maximum Gasteiger partial charge on any atom is 0.255 e. The molecule has 3 heterocycles. The molecule has 3 aliphatic rings. The van der Waals surface area contributed by atoms with Gasteiger partial charge in [-0.25, -0.2) is 0 Å². The number of carbonyl (C=O) groups excluding carboxylic acids is 4. The Balaban J connectivity index is 1.15. The van der Waals surface area contributed by atoms with E-state index in [0.717, 1.165) is 70.0 Å². The minimum Gasteiger partial charge on any atom is -0.399 e. The molecule has 2 aromatic carbocycles. The third-order valence-corrected chi connectivity index (χ3v) is 8.52. The minimum absolute atomic E-state index is 0.182. The Hall–Kier alpha value is -3.92. The lowest BCUT2D eigenvalue weighted by atomic mass is 9.95. The third kappa shape index (κ3) is 6.12. The fourth-order valence-electron chi connectivity index (χ4n) is 6.02. The van der Waals surface area contributed by atoms with Crippen molar-refractivity contribution < 1.29 is 19.2 Å². The van der Waals surface area contributed by atoms with Gasteiger partial charge in [-0.2, -0.15) is 0 Å². The Morgan fingerprint density at radius 3 is 2.25 bits per heavy atom. The lowest BCUT2D eigenvalue weighted by molar-refractivity contribution is -0.136. The summed E-state index contributed by atoms with van der Waals surface area (Å²) < 4.78 is 0. The molecular formula is C30H38N6O4. The Kier molecular flexibility index (Phi) is 8.35. The summed E-state index contributed by atoms with van der Waals surface area (Å²) in [5, 5.41) is 2.29. The van der Waals surface area contributed by atoms with Crippen LogP contribution in [0.3, 0.4) is 0 Å². The van der Waals surface area contributed by atoms with E-state index in [1.165, 1.54) is 10.6 Å². The Bertz CT molecular complexity index is 1250. The van der Waals surface area contributed by atoms with E-state index in [1.807, 2.05) is 18.2 Å². The second-order valence-corrected chi connectivity index (χ2v) is 11.1. The highest BCUT2D eigenvalue weighted by molar-refractivity contribution is 6.06. The summed E-state index contributed by atoms with van der Waals surface area (Å²) in [4.78, 5) is 57.5. The van der Waals surface area contributed by atoms with Crippen LogP contribution in [0.2, 0.25) is 0 Å². The lowest BCUT2D eigenvalue weighted by Crippen LogP contribution is -2.53. The van der Waals surface area contributed by atoms with Gasteiger partial charge in [0, 0.05) is 81.9 Å². The van der Waals surface area contributed by atoms with Crippen LogP contribution in [0.4, 0.5) is 17.1 Å². The highest BCUT2D eigenvalue weighted by atomic mass is 16.2. The van der Waals surface area contributed by atoms with Gasteiger partial charge >= 0.3 is 0 Å². The van der Waals surface area contributed by atoms with Crippen LogP contribution in [-0.4, -0.2) is 92.7 Å². The normalized spacial score (nSPS) is 20.8. The first-order chi connectivity index (χ1) is 19.3. The summed E-state index contributed by atoms with van der Waals surface area (Å²) in [6, 6.07) is 12.7. The smallest absolute Gasteiger partial charge is 0.255 e. The number of amides is 3. The predicted octanol–water partition coefficient (Wildman–Crippen LogP) is 2.00. The molecule has 3 aliphatic heterocycles. The van der Waals surface area contributed by atoms with Gasteiger partial charge in [0.25, 0.3) is 5.91 Å². The molecular weight excluding hydrogens is 508 g/mol. The molecule has 3 saturated heterocycles. The van der Waals surface area contributed by atoms with Crippen LogP contribution in [0.25, 0.3) is 0 Å². The number of anilines is 3. The van der Waals surface area contributed by atoms with Crippen molar-refractivity contribution in [2.75, 3.05) is 68.4 Å². The van der Waals surface area contributed by atoms with E-state index >= 15 is 0 Å². The minimum atomic E-state index is -0.738. The van der Waals surface area contributed by atoms with E-state index in [9.17, 15) is 19.2 Å². The van der Waals surface area contributed by atoms with Gasteiger partial charge in [-0.1, -0.05) is 0 Å². The summed E-state index contributed by atoms with van der Waals surface area (Å²) in [7, 11) is 1.55. The number of nitrogens with zero attached hydrogens (tertiary/aromatic N) is 4. The van der Waals surface area contributed by atoms with Crippen molar-refractivity contribution in [3.63, 3.8) is 0 Å². The van der Waals surface area contributed by atoms with E-state index in [1.54, 1.807) is 19.2 Å². The number of piperazine rings is 1. The fraction of sp³-hybridized carbons (Fsp3) is 0.467. The molecule has 0 radical (unpaired) electrons. The van der Waals surface area contributed by atoms with Crippen molar-refractivity contribution in [1.29, 1.82) is 0 Å². The molecule has 0 aromatic heterocycles. The molecule has 1 atom stereocenters. The molecule has 0 aliphatic carbocycles. The van der Waals surface area contributed by atoms with Crippen LogP contribution < -0.4 is 20.9 Å². The topological polar surface area (TPSA) is 119 Å². The van der Waals surface area contributed by atoms with Gasteiger partial charge < -0.3 is 20.4 Å². The van der Waals surface area contributed by atoms with E-state index in [-0.39, 0.29) is 24.3 Å². The Morgan fingerprint density at radius 1 is 0.950 bits per heavy atom. The average Bonchev–Trinajstić information content (AvgIpc) is 2.97. The molecule has 3 amide bonds. The molecule has 10 nitrogen and oxygen atoms in total. The van der Waals surface area contributed by atoms with Crippen molar-refractivity contribution in [2.24, 2.45) is 5.92 Å². The number of nitrogens with two attached hydrogens (primary N) is 1. The van der Waals surface area contributed by atoms with E-state index < -0.39 is 17.9 Å². The summed E-state index contributed by atoms with van der Waals surface area (Å²) in [6.45, 7) is 6.97. The van der Waals surface area contributed by atoms with Gasteiger partial charge in [0.1, 0.15) is 6.04 Å². The summed E-state index contributed by atoms with van der Waals surface area (Å²) >= 11 is 0. The molecule has 3 N–H and O–H groups in total. The maximum absolute atomic E-state index is 13.4. The number of carbonyl (C=O) groups is 4. The molecule has 212 valence electrons. The highest BCUT2D eigenvalue weighted by Crippen LogP contribution is 2.28. The summed E-state index contributed by atoms with van der Waals surface area (Å²) in [6.07, 6.45) is 3.25. The molecule has 0 spiro atoms. The van der Waals surface area contributed by atoms with Gasteiger partial charge in [-0.05, 0) is 67.6 Å². The molecule has 10 heteroatoms. The van der Waals surface area contributed by atoms with Crippen LogP contribution in [0, 0.1) is 5.92 Å². The van der Waals surface area contributed by atoms with E-state index in [2.05, 4.69) is 32.1 Å².